The van der Waals surface area contributed by atoms with Crippen LogP contribution in [-0.2, 0) is 0 Å². The monoisotopic (exact) mass is 261 g/mol. The van der Waals surface area contributed by atoms with Gasteiger partial charge >= 0.3 is 0 Å². The number of anilines is 1. The molecule has 4 nitrogen and oxygen atoms in total. The van der Waals surface area contributed by atoms with Gasteiger partial charge in [-0.15, -0.1) is 0 Å². The van der Waals surface area contributed by atoms with Gasteiger partial charge < -0.3 is 9.88 Å². The van der Waals surface area contributed by atoms with E-state index in [0.29, 0.717) is 17.8 Å². The molecular formula is C15H23N3O. The van der Waals surface area contributed by atoms with Crippen LogP contribution in [0.1, 0.15) is 51.5 Å². The van der Waals surface area contributed by atoms with Gasteiger partial charge in [-0.25, -0.2) is 4.98 Å². The van der Waals surface area contributed by atoms with E-state index in [4.69, 9.17) is 0 Å². The molecule has 2 aliphatic rings. The lowest BCUT2D eigenvalue weighted by atomic mass is 9.83. The van der Waals surface area contributed by atoms with Crippen LogP contribution in [0.15, 0.2) is 17.2 Å². The second-order valence-electron chi connectivity index (χ2n) is 6.23. The Balaban J connectivity index is 1.60. The van der Waals surface area contributed by atoms with Gasteiger partial charge in [0.15, 0.2) is 5.82 Å². The maximum absolute atomic E-state index is 12.2. The van der Waals surface area contributed by atoms with Crippen molar-refractivity contribution in [3.05, 3.63) is 22.7 Å². The molecule has 0 saturated heterocycles. The van der Waals surface area contributed by atoms with Crippen LogP contribution in [0, 0.1) is 11.8 Å². The summed E-state index contributed by atoms with van der Waals surface area (Å²) in [5.41, 5.74) is 0.0502. The van der Waals surface area contributed by atoms with Crippen molar-refractivity contribution in [3.63, 3.8) is 0 Å². The maximum Gasteiger partial charge on any atom is 0.293 e. The molecule has 4 heteroatoms. The molecule has 3 rings (SSSR count). The second-order valence-corrected chi connectivity index (χ2v) is 6.23. The molecule has 0 radical (unpaired) electrons. The average molecular weight is 261 g/mol. The number of nitrogens with zero attached hydrogens (tertiary/aromatic N) is 2. The Morgan fingerprint density at radius 2 is 2.00 bits per heavy atom. The highest BCUT2D eigenvalue weighted by molar-refractivity contribution is 5.31. The van der Waals surface area contributed by atoms with E-state index in [1.165, 1.54) is 25.7 Å². The van der Waals surface area contributed by atoms with Crippen LogP contribution in [0.4, 0.5) is 5.82 Å². The van der Waals surface area contributed by atoms with Gasteiger partial charge in [0, 0.05) is 25.0 Å². The SMILES string of the molecule is CC1CCC(CNc2nccn(C3CC3)c2=O)CC1. The van der Waals surface area contributed by atoms with Crippen molar-refractivity contribution < 1.29 is 0 Å². The van der Waals surface area contributed by atoms with E-state index in [1.54, 1.807) is 6.20 Å². The first-order valence-electron chi connectivity index (χ1n) is 7.55. The molecule has 2 fully saturated rings. The number of rotatable bonds is 4. The Labute approximate surface area is 114 Å². The highest BCUT2D eigenvalue weighted by Gasteiger charge is 2.25. The van der Waals surface area contributed by atoms with Crippen LogP contribution in [0.2, 0.25) is 0 Å². The summed E-state index contributed by atoms with van der Waals surface area (Å²) in [5, 5.41) is 3.28. The quantitative estimate of drug-likeness (QED) is 0.906. The Bertz CT molecular complexity index is 484. The molecular weight excluding hydrogens is 238 g/mol. The molecule has 1 aromatic rings. The molecule has 0 bridgehead atoms. The summed E-state index contributed by atoms with van der Waals surface area (Å²) < 4.78 is 1.83. The third kappa shape index (κ3) is 2.99. The minimum absolute atomic E-state index is 0.0502. The van der Waals surface area contributed by atoms with Crippen molar-refractivity contribution in [2.24, 2.45) is 11.8 Å². The number of aromatic nitrogens is 2. The van der Waals surface area contributed by atoms with E-state index in [0.717, 1.165) is 25.3 Å². The van der Waals surface area contributed by atoms with Crippen molar-refractivity contribution in [2.45, 2.75) is 51.5 Å². The first kappa shape index (κ1) is 12.7. The Hall–Kier alpha value is -1.32. The fourth-order valence-corrected chi connectivity index (χ4v) is 2.96. The molecule has 1 aromatic heterocycles. The number of hydrogen-bond acceptors (Lipinski definition) is 3. The molecule has 1 N–H and O–H groups in total. The zero-order valence-electron chi connectivity index (χ0n) is 11.6. The molecule has 1 heterocycles. The van der Waals surface area contributed by atoms with E-state index < -0.39 is 0 Å². The smallest absolute Gasteiger partial charge is 0.293 e. The lowest BCUT2D eigenvalue weighted by molar-refractivity contribution is 0.300. The van der Waals surface area contributed by atoms with Crippen LogP contribution in [0.3, 0.4) is 0 Å². The van der Waals surface area contributed by atoms with E-state index in [-0.39, 0.29) is 5.56 Å². The van der Waals surface area contributed by atoms with Crippen molar-refractivity contribution in [1.82, 2.24) is 9.55 Å². The third-order valence-corrected chi connectivity index (χ3v) is 4.50. The molecule has 0 amide bonds. The van der Waals surface area contributed by atoms with Gasteiger partial charge in [0.25, 0.3) is 5.56 Å². The molecule has 2 aliphatic carbocycles. The van der Waals surface area contributed by atoms with E-state index in [1.807, 2.05) is 10.8 Å². The zero-order valence-corrected chi connectivity index (χ0v) is 11.6. The van der Waals surface area contributed by atoms with Gasteiger partial charge in [0.2, 0.25) is 0 Å². The van der Waals surface area contributed by atoms with Crippen molar-refractivity contribution in [2.75, 3.05) is 11.9 Å². The van der Waals surface area contributed by atoms with Crippen LogP contribution < -0.4 is 10.9 Å². The predicted molar refractivity (Wildman–Crippen MR) is 76.4 cm³/mol. The fraction of sp³-hybridized carbons (Fsp3) is 0.733. The topological polar surface area (TPSA) is 46.9 Å². The molecule has 0 spiro atoms. The Morgan fingerprint density at radius 1 is 1.26 bits per heavy atom. The summed E-state index contributed by atoms with van der Waals surface area (Å²) in [7, 11) is 0. The van der Waals surface area contributed by atoms with Crippen molar-refractivity contribution in [3.8, 4) is 0 Å². The average Bonchev–Trinajstić information content (AvgIpc) is 3.24. The molecule has 0 atom stereocenters. The molecule has 0 aromatic carbocycles. The van der Waals surface area contributed by atoms with Crippen LogP contribution in [0.5, 0.6) is 0 Å². The van der Waals surface area contributed by atoms with E-state index >= 15 is 0 Å². The molecule has 0 aliphatic heterocycles. The second kappa shape index (κ2) is 5.35. The highest BCUT2D eigenvalue weighted by atomic mass is 16.1. The van der Waals surface area contributed by atoms with Gasteiger partial charge in [-0.1, -0.05) is 19.8 Å². The largest absolute Gasteiger partial charge is 0.365 e. The first-order chi connectivity index (χ1) is 9.24. The highest BCUT2D eigenvalue weighted by Crippen LogP contribution is 2.33. The van der Waals surface area contributed by atoms with Gasteiger partial charge in [0.05, 0.1) is 0 Å². The summed E-state index contributed by atoms with van der Waals surface area (Å²) in [6, 6.07) is 0.423. The van der Waals surface area contributed by atoms with Crippen molar-refractivity contribution in [1.29, 1.82) is 0 Å². The van der Waals surface area contributed by atoms with Gasteiger partial charge in [-0.2, -0.15) is 0 Å². The van der Waals surface area contributed by atoms with E-state index in [2.05, 4.69) is 17.2 Å². The fourth-order valence-electron chi connectivity index (χ4n) is 2.96. The maximum atomic E-state index is 12.2. The predicted octanol–water partition coefficient (Wildman–Crippen LogP) is 2.82. The van der Waals surface area contributed by atoms with Crippen LogP contribution in [0.25, 0.3) is 0 Å². The van der Waals surface area contributed by atoms with Gasteiger partial charge in [-0.3, -0.25) is 4.79 Å². The number of nitrogens with one attached hydrogen (secondary N) is 1. The minimum atomic E-state index is 0.0502. The lowest BCUT2D eigenvalue weighted by Crippen LogP contribution is -2.27. The van der Waals surface area contributed by atoms with Gasteiger partial charge in [-0.05, 0) is 37.5 Å². The zero-order chi connectivity index (χ0) is 13.2. The lowest BCUT2D eigenvalue weighted by Gasteiger charge is -2.26. The normalized spacial score (nSPS) is 27.2. The standard InChI is InChI=1S/C15H23N3O/c1-11-2-4-12(5-3-11)10-17-14-15(19)18(9-8-16-14)13-6-7-13/h8-9,11-13H,2-7,10H2,1H3,(H,16,17). The summed E-state index contributed by atoms with van der Waals surface area (Å²) >= 11 is 0. The summed E-state index contributed by atoms with van der Waals surface area (Å²) in [5.74, 6) is 2.11. The Morgan fingerprint density at radius 3 is 2.68 bits per heavy atom. The third-order valence-electron chi connectivity index (χ3n) is 4.50. The summed E-state index contributed by atoms with van der Waals surface area (Å²) in [6.45, 7) is 3.22. The molecule has 2 saturated carbocycles. The summed E-state index contributed by atoms with van der Waals surface area (Å²) in [4.78, 5) is 16.4. The van der Waals surface area contributed by atoms with Gasteiger partial charge in [0.1, 0.15) is 0 Å². The number of hydrogen-bond donors (Lipinski definition) is 1. The van der Waals surface area contributed by atoms with E-state index in [9.17, 15) is 4.79 Å². The molecule has 19 heavy (non-hydrogen) atoms. The molecule has 104 valence electrons. The first-order valence-corrected chi connectivity index (χ1v) is 7.55. The van der Waals surface area contributed by atoms with Crippen LogP contribution >= 0.6 is 0 Å². The Kier molecular flexibility index (Phi) is 3.58. The minimum Gasteiger partial charge on any atom is -0.365 e. The molecule has 0 unspecified atom stereocenters. The summed E-state index contributed by atoms with van der Waals surface area (Å²) in [6.07, 6.45) is 11.0. The van der Waals surface area contributed by atoms with Crippen molar-refractivity contribution >= 4 is 5.82 Å². The van der Waals surface area contributed by atoms with Crippen LogP contribution in [-0.4, -0.2) is 16.1 Å².